The summed E-state index contributed by atoms with van der Waals surface area (Å²) in [5.41, 5.74) is 14.2. The van der Waals surface area contributed by atoms with E-state index in [-0.39, 0.29) is 88.0 Å². The van der Waals surface area contributed by atoms with E-state index < -0.39 is 114 Å². The Kier molecular flexibility index (Phi) is 33.0. The monoisotopic (exact) mass is 1490 g/mol. The molecule has 9 atom stereocenters. The third-order valence-corrected chi connectivity index (χ3v) is 18.3. The molecule has 29 nitrogen and oxygen atoms in total. The first-order valence-electron chi connectivity index (χ1n) is 36.6. The minimum absolute atomic E-state index is 0.0207. The number of carbonyl (C=O) groups is 10. The van der Waals surface area contributed by atoms with Gasteiger partial charge in [-0.3, -0.25) is 57.9 Å². The Labute approximate surface area is 628 Å². The number of phenolic OH excluding ortho intramolecular Hbond substituents is 1. The van der Waals surface area contributed by atoms with Crippen molar-refractivity contribution in [3.8, 4) is 5.75 Å². The molecule has 0 unspecified atom stereocenters. The van der Waals surface area contributed by atoms with Crippen molar-refractivity contribution in [2.24, 2.45) is 27.4 Å². The molecule has 1 saturated heterocycles. The number of amides is 10. The first kappa shape index (κ1) is 83.5. The van der Waals surface area contributed by atoms with Gasteiger partial charge in [0.15, 0.2) is 11.9 Å². The van der Waals surface area contributed by atoms with E-state index in [1.165, 1.54) is 36.1 Å². The number of benzene rings is 5. The second-order valence-corrected chi connectivity index (χ2v) is 27.4. The van der Waals surface area contributed by atoms with Gasteiger partial charge in [0.2, 0.25) is 59.1 Å². The van der Waals surface area contributed by atoms with Crippen molar-refractivity contribution in [3.63, 3.8) is 0 Å². The van der Waals surface area contributed by atoms with Crippen molar-refractivity contribution in [2.45, 2.75) is 173 Å². The number of H-pyrrole nitrogens is 1. The molecule has 1 fully saturated rings. The first-order valence-corrected chi connectivity index (χ1v) is 37.0. The average molecular weight is 1500 g/mol. The van der Waals surface area contributed by atoms with Crippen LogP contribution in [0.4, 0.5) is 0 Å². The van der Waals surface area contributed by atoms with Crippen LogP contribution >= 0.6 is 11.6 Å². The van der Waals surface area contributed by atoms with Crippen molar-refractivity contribution in [1.82, 2.24) is 68.4 Å². The van der Waals surface area contributed by atoms with Crippen LogP contribution in [-0.4, -0.2) is 191 Å². The number of likely N-dealkylation sites (N-methyl/N-ethyl adjacent to an activating group) is 1. The number of aromatic amines is 1. The number of carbonyl (C=O) groups excluding carboxylic acids is 10. The number of unbranched alkanes of at least 4 members (excludes halogenated alkanes) is 1. The summed E-state index contributed by atoms with van der Waals surface area (Å²) in [7, 11) is 0. The van der Waals surface area contributed by atoms with Crippen molar-refractivity contribution < 1.29 is 58.2 Å². The Morgan fingerprint density at radius 2 is 1.05 bits per heavy atom. The number of aromatic nitrogens is 1. The molecule has 0 radical (unpaired) electrons. The van der Waals surface area contributed by atoms with Gasteiger partial charge in [0.1, 0.15) is 60.1 Å². The summed E-state index contributed by atoms with van der Waals surface area (Å²) in [4.78, 5) is 158. The summed E-state index contributed by atoms with van der Waals surface area (Å²) in [6, 6.07) is 20.7. The second kappa shape index (κ2) is 42.4. The summed E-state index contributed by atoms with van der Waals surface area (Å²) < 4.78 is 0. The number of aromatic hydroxyl groups is 1. The fourth-order valence-corrected chi connectivity index (χ4v) is 12.8. The van der Waals surface area contributed by atoms with Crippen molar-refractivity contribution in [1.29, 1.82) is 0 Å². The number of aliphatic hydroxyl groups is 1. The Morgan fingerprint density at radius 3 is 1.65 bits per heavy atom. The number of phenols is 1. The molecule has 1 aromatic heterocycles. The number of para-hydroxylation sites is 1. The number of guanidine groups is 2. The average Bonchev–Trinajstić information content (AvgIpc) is 1.78. The van der Waals surface area contributed by atoms with Gasteiger partial charge in [-0.1, -0.05) is 110 Å². The third kappa shape index (κ3) is 26.3. The maximum absolute atomic E-state index is 15.2. The molecule has 0 spiro atoms. The molecule has 576 valence electrons. The zero-order valence-corrected chi connectivity index (χ0v) is 62.4. The van der Waals surface area contributed by atoms with Crippen LogP contribution in [0.3, 0.4) is 0 Å². The van der Waals surface area contributed by atoms with E-state index in [2.05, 4.69) is 73.5 Å². The van der Waals surface area contributed by atoms with Crippen LogP contribution in [0.5, 0.6) is 5.75 Å². The quantitative estimate of drug-likeness (QED) is 0.0149. The summed E-state index contributed by atoms with van der Waals surface area (Å²) in [5.74, 6) is -7.27. The molecular weight excluding hydrogens is 1390 g/mol. The van der Waals surface area contributed by atoms with E-state index in [0.29, 0.717) is 90.4 Å². The zero-order valence-electron chi connectivity index (χ0n) is 61.6. The fraction of sp³-hybridized carbons (Fsp3) is 0.455. The van der Waals surface area contributed by atoms with E-state index in [0.717, 1.165) is 16.3 Å². The highest BCUT2D eigenvalue weighted by molar-refractivity contribution is 6.30. The van der Waals surface area contributed by atoms with Gasteiger partial charge in [0, 0.05) is 94.0 Å². The van der Waals surface area contributed by atoms with Gasteiger partial charge in [0.25, 0.3) is 0 Å². The lowest BCUT2D eigenvalue weighted by Gasteiger charge is -2.30. The molecular formula is C77H104ClN17O12. The summed E-state index contributed by atoms with van der Waals surface area (Å²) in [6.45, 7) is 11.7. The van der Waals surface area contributed by atoms with Crippen LogP contribution in [0.2, 0.25) is 5.02 Å². The Morgan fingerprint density at radius 1 is 0.551 bits per heavy atom. The van der Waals surface area contributed by atoms with Gasteiger partial charge in [-0.25, -0.2) is 0 Å². The fourth-order valence-electron chi connectivity index (χ4n) is 12.7. The molecule has 10 amide bonds. The lowest BCUT2D eigenvalue weighted by molar-refractivity contribution is -0.142. The number of fused-ring (bicyclic) bond motifs is 2. The number of hydrogen-bond donors (Lipinski definition) is 16. The summed E-state index contributed by atoms with van der Waals surface area (Å²) in [5, 5.41) is 55.6. The minimum atomic E-state index is -1.81. The number of likely N-dealkylation sites (tertiary alicyclic amines) is 1. The normalized spacial score (nSPS) is 14.8. The molecule has 0 saturated carbocycles. The van der Waals surface area contributed by atoms with Crippen molar-refractivity contribution in [2.75, 3.05) is 45.9 Å². The number of nitrogens with zero attached hydrogens (tertiary/aromatic N) is 3. The third-order valence-electron chi connectivity index (χ3n) is 18.1. The van der Waals surface area contributed by atoms with E-state index in [1.54, 1.807) is 43.5 Å². The van der Waals surface area contributed by atoms with Crippen LogP contribution in [0.25, 0.3) is 21.7 Å². The molecule has 6 aromatic rings. The number of nitrogens with two attached hydrogens (primary N) is 2. The molecule has 107 heavy (non-hydrogen) atoms. The van der Waals surface area contributed by atoms with E-state index in [1.807, 2.05) is 88.4 Å². The molecule has 1 aliphatic rings. The number of aliphatic imine (C=N–C) groups is 2. The van der Waals surface area contributed by atoms with Gasteiger partial charge in [0.05, 0.1) is 6.61 Å². The van der Waals surface area contributed by atoms with Crippen molar-refractivity contribution in [3.05, 3.63) is 149 Å². The highest BCUT2D eigenvalue weighted by Gasteiger charge is 2.40. The lowest BCUT2D eigenvalue weighted by Crippen LogP contribution is -2.61. The van der Waals surface area contributed by atoms with Crippen LogP contribution in [-0.2, 0) is 73.6 Å². The Balaban J connectivity index is 1.17. The number of aliphatic hydroxyl groups excluding tert-OH is 1. The van der Waals surface area contributed by atoms with Crippen LogP contribution in [0.1, 0.15) is 115 Å². The number of rotatable bonds is 40. The summed E-state index contributed by atoms with van der Waals surface area (Å²) >= 11 is 6.29. The predicted molar refractivity (Wildman–Crippen MR) is 411 cm³/mol. The van der Waals surface area contributed by atoms with Gasteiger partial charge >= 0.3 is 0 Å². The van der Waals surface area contributed by atoms with Crippen LogP contribution in [0.15, 0.2) is 131 Å². The number of halogens is 1. The van der Waals surface area contributed by atoms with E-state index >= 15 is 19.2 Å². The second-order valence-electron chi connectivity index (χ2n) is 27.0. The van der Waals surface area contributed by atoms with Crippen LogP contribution in [0, 0.1) is 5.92 Å². The number of nitrogens with one attached hydrogen (secondary N) is 12. The smallest absolute Gasteiger partial charge is 0.245 e. The van der Waals surface area contributed by atoms with Gasteiger partial charge in [-0.15, -0.1) is 0 Å². The molecule has 2 heterocycles. The molecule has 18 N–H and O–H groups in total. The zero-order chi connectivity index (χ0) is 77.5. The number of hydrogen-bond acceptors (Lipinski definition) is 14. The maximum Gasteiger partial charge on any atom is 0.245 e. The summed E-state index contributed by atoms with van der Waals surface area (Å²) in [6.07, 6.45) is 3.14. The van der Waals surface area contributed by atoms with Gasteiger partial charge < -0.3 is 90.0 Å². The molecule has 1 aliphatic heterocycles. The van der Waals surface area contributed by atoms with Gasteiger partial charge in [-0.2, -0.15) is 0 Å². The minimum Gasteiger partial charge on any atom is -0.508 e. The Hall–Kier alpha value is -10.8. The lowest BCUT2D eigenvalue weighted by atomic mass is 9.99. The SMILES string of the molecule is CCNC(=O)[C@@H]1CCCN1C(=O)[C@H](CCCN=C(N)N)NC(=O)[C@H](CC(C)C)NC(=O)[C@@H](CCCCN=C(NCC)NCC)NC(=O)[C@H](Cc1ccc(O)cc1)NC(=O)[C@H](CO)NC(=O)[C@@H](Cc1c[nH]c2ccccc12)NC(=O)[C@@H](Cc1ccc(Cl)cc1)NC(=O)[C@@H](Cc1ccc2ccccc2c1)NC(C)=O. The van der Waals surface area contributed by atoms with Gasteiger partial charge in [-0.05, 0) is 141 Å². The van der Waals surface area contributed by atoms with Crippen LogP contribution < -0.4 is 70.0 Å². The maximum atomic E-state index is 15.2. The highest BCUT2D eigenvalue weighted by atomic mass is 35.5. The highest BCUT2D eigenvalue weighted by Crippen LogP contribution is 2.24. The van der Waals surface area contributed by atoms with E-state index in [9.17, 15) is 39.0 Å². The predicted octanol–water partition coefficient (Wildman–Crippen LogP) is 2.81. The standard InChI is InChI=1S/C77H104ClN17O12/c1-7-81-74(106)66-24-17-37-95(66)75(107)59(23-16-36-84-76(79)80)89-68(100)60(38-46(4)5)90-67(99)58(22-14-15-35-85-77(82-8-2)83-9-3)88-70(102)62(41-49-28-33-55(98)34-29-49)92-73(105)65(45-96)94-72(104)64(43-53-44-86-57-21-13-12-20-56(53)57)93-71(103)63(40-48-26-31-54(78)32-27-48)91-69(101)61(87-47(6)97)42-50-25-30-51-18-10-11-19-52(51)39-50/h10-13,18-21,25-34,39,44,46,58-66,86,96,98H,7-9,14-17,22-24,35-38,40-43,45H2,1-6H3,(H,81,106)(H,87,97)(H,88,102)(H,89,100)(H,90,99)(H,91,101)(H,92,105)(H,93,103)(H,94,104)(H4,79,80,84)(H2,82,83,85)/t58-,59+,60+,61-,62+,63-,64-,65+,66+/m1/s1. The molecule has 5 aromatic carbocycles. The molecule has 7 rings (SSSR count). The van der Waals surface area contributed by atoms with E-state index in [4.69, 9.17) is 23.1 Å². The first-order chi connectivity index (χ1) is 51.4. The molecule has 30 heteroatoms. The molecule has 0 bridgehead atoms. The molecule has 0 aliphatic carbocycles. The Bertz CT molecular complexity index is 4050. The van der Waals surface area contributed by atoms with Crippen molar-refractivity contribution >= 4 is 104 Å². The largest absolute Gasteiger partial charge is 0.508 e. The topological polar surface area (TPSA) is 439 Å².